The Morgan fingerprint density at radius 3 is 2.46 bits per heavy atom. The predicted octanol–water partition coefficient (Wildman–Crippen LogP) is 1.22. The normalized spacial score (nSPS) is 10.2. The van der Waals surface area contributed by atoms with Crippen LogP contribution >= 0.6 is 0 Å². The van der Waals surface area contributed by atoms with Crippen molar-refractivity contribution in [2.45, 2.75) is 0 Å². The zero-order valence-corrected chi connectivity index (χ0v) is 6.78. The Labute approximate surface area is 74.0 Å². The van der Waals surface area contributed by atoms with Gasteiger partial charge in [0, 0.05) is 0 Å². The average molecular weight is 176 g/mol. The summed E-state index contributed by atoms with van der Waals surface area (Å²) in [5.74, 6) is 0.121. The second-order valence-corrected chi connectivity index (χ2v) is 2.64. The van der Waals surface area contributed by atoms with Gasteiger partial charge in [-0.3, -0.25) is 4.79 Å². The van der Waals surface area contributed by atoms with Crippen LogP contribution in [0, 0.1) is 0 Å². The predicted molar refractivity (Wildman–Crippen MR) is 49.2 cm³/mol. The lowest BCUT2D eigenvalue weighted by Crippen LogP contribution is -2.01. The summed E-state index contributed by atoms with van der Waals surface area (Å²) in [5.41, 5.74) is 6.32. The van der Waals surface area contributed by atoms with E-state index >= 15 is 0 Å². The van der Waals surface area contributed by atoms with Crippen molar-refractivity contribution < 1.29 is 4.52 Å². The van der Waals surface area contributed by atoms with Crippen molar-refractivity contribution in [3.63, 3.8) is 0 Å². The Hall–Kier alpha value is -1.97. The highest BCUT2D eigenvalue weighted by Crippen LogP contribution is 2.20. The molecule has 4 heteroatoms. The number of hydrogen-bond donors (Lipinski definition) is 2. The van der Waals surface area contributed by atoms with Crippen LogP contribution in [0.25, 0.3) is 11.1 Å². The molecule has 1 aromatic carbocycles. The molecule has 0 aliphatic rings. The standard InChI is InChI=1S/C9H8N2O2/c10-8-7(9(12)11-13-8)6-4-2-1-3-5-6/h1-5H,10H2,(H,11,12). The number of benzene rings is 1. The van der Waals surface area contributed by atoms with E-state index in [1.807, 2.05) is 18.2 Å². The van der Waals surface area contributed by atoms with E-state index in [9.17, 15) is 4.79 Å². The SMILES string of the molecule is Nc1o[nH]c(=O)c1-c1ccccc1. The van der Waals surface area contributed by atoms with Crippen LogP contribution in [0.5, 0.6) is 0 Å². The largest absolute Gasteiger partial charge is 0.367 e. The van der Waals surface area contributed by atoms with E-state index in [4.69, 9.17) is 5.73 Å². The van der Waals surface area contributed by atoms with Gasteiger partial charge in [0.2, 0.25) is 5.88 Å². The maximum absolute atomic E-state index is 11.2. The molecule has 4 nitrogen and oxygen atoms in total. The van der Waals surface area contributed by atoms with E-state index in [0.717, 1.165) is 5.56 Å². The summed E-state index contributed by atoms with van der Waals surface area (Å²) in [5, 5.41) is 2.18. The van der Waals surface area contributed by atoms with Gasteiger partial charge >= 0.3 is 0 Å². The van der Waals surface area contributed by atoms with Gasteiger partial charge in [0.05, 0.1) is 0 Å². The summed E-state index contributed by atoms with van der Waals surface area (Å²) in [4.78, 5) is 11.2. The van der Waals surface area contributed by atoms with Crippen LogP contribution in [0.1, 0.15) is 0 Å². The minimum atomic E-state index is -0.302. The third-order valence-corrected chi connectivity index (χ3v) is 1.79. The highest BCUT2D eigenvalue weighted by Gasteiger charge is 2.10. The van der Waals surface area contributed by atoms with Crippen molar-refractivity contribution in [3.05, 3.63) is 40.7 Å². The van der Waals surface area contributed by atoms with E-state index in [0.29, 0.717) is 5.56 Å². The number of rotatable bonds is 1. The molecule has 0 aliphatic heterocycles. The molecule has 0 unspecified atom stereocenters. The monoisotopic (exact) mass is 176 g/mol. The minimum absolute atomic E-state index is 0.121. The molecule has 2 rings (SSSR count). The third-order valence-electron chi connectivity index (χ3n) is 1.79. The van der Waals surface area contributed by atoms with Gasteiger partial charge in [-0.2, -0.15) is 5.16 Å². The number of nitrogens with two attached hydrogens (primary N) is 1. The summed E-state index contributed by atoms with van der Waals surface area (Å²) >= 11 is 0. The van der Waals surface area contributed by atoms with Crippen molar-refractivity contribution in [2.24, 2.45) is 0 Å². The zero-order chi connectivity index (χ0) is 9.26. The molecular weight excluding hydrogens is 168 g/mol. The minimum Gasteiger partial charge on any atom is -0.367 e. The molecule has 3 N–H and O–H groups in total. The molecular formula is C9H8N2O2. The Morgan fingerprint density at radius 1 is 1.23 bits per heavy atom. The van der Waals surface area contributed by atoms with Crippen molar-refractivity contribution in [2.75, 3.05) is 5.73 Å². The molecule has 0 atom stereocenters. The van der Waals surface area contributed by atoms with Crippen LogP contribution in [0.4, 0.5) is 5.88 Å². The molecule has 13 heavy (non-hydrogen) atoms. The Bertz CT molecular complexity index is 456. The summed E-state index contributed by atoms with van der Waals surface area (Å²) in [6.45, 7) is 0. The first-order chi connectivity index (χ1) is 6.29. The highest BCUT2D eigenvalue weighted by atomic mass is 16.5. The summed E-state index contributed by atoms with van der Waals surface area (Å²) in [6.07, 6.45) is 0. The van der Waals surface area contributed by atoms with E-state index in [-0.39, 0.29) is 11.4 Å². The molecule has 66 valence electrons. The number of aromatic amines is 1. The third kappa shape index (κ3) is 1.22. The lowest BCUT2D eigenvalue weighted by Gasteiger charge is -1.93. The first-order valence-corrected chi connectivity index (χ1v) is 3.81. The molecule has 0 bridgehead atoms. The lowest BCUT2D eigenvalue weighted by atomic mass is 10.1. The van der Waals surface area contributed by atoms with Gasteiger partial charge in [-0.05, 0) is 5.56 Å². The average Bonchev–Trinajstić information content (AvgIpc) is 2.48. The van der Waals surface area contributed by atoms with E-state index in [1.165, 1.54) is 0 Å². The van der Waals surface area contributed by atoms with Gasteiger partial charge in [0.15, 0.2) is 0 Å². The number of aromatic nitrogens is 1. The fourth-order valence-electron chi connectivity index (χ4n) is 1.19. The van der Waals surface area contributed by atoms with E-state index < -0.39 is 0 Å². The molecule has 0 aliphatic carbocycles. The topological polar surface area (TPSA) is 72.0 Å². The van der Waals surface area contributed by atoms with Crippen LogP contribution in [-0.2, 0) is 0 Å². The van der Waals surface area contributed by atoms with E-state index in [2.05, 4.69) is 9.68 Å². The van der Waals surface area contributed by atoms with Crippen molar-refractivity contribution in [1.82, 2.24) is 5.16 Å². The fourth-order valence-corrected chi connectivity index (χ4v) is 1.19. The van der Waals surface area contributed by atoms with Crippen LogP contribution in [0.2, 0.25) is 0 Å². The summed E-state index contributed by atoms with van der Waals surface area (Å²) in [7, 11) is 0. The first-order valence-electron chi connectivity index (χ1n) is 3.81. The number of nitrogens with one attached hydrogen (secondary N) is 1. The van der Waals surface area contributed by atoms with Crippen molar-refractivity contribution in [1.29, 1.82) is 0 Å². The molecule has 0 spiro atoms. The van der Waals surface area contributed by atoms with Crippen LogP contribution < -0.4 is 11.3 Å². The highest BCUT2D eigenvalue weighted by molar-refractivity contribution is 5.71. The fraction of sp³-hybridized carbons (Fsp3) is 0. The Balaban J connectivity index is 2.65. The number of hydrogen-bond acceptors (Lipinski definition) is 3. The molecule has 0 amide bonds. The zero-order valence-electron chi connectivity index (χ0n) is 6.78. The summed E-state index contributed by atoms with van der Waals surface area (Å²) in [6, 6.07) is 9.14. The van der Waals surface area contributed by atoms with Crippen LogP contribution in [0.15, 0.2) is 39.6 Å². The summed E-state index contributed by atoms with van der Waals surface area (Å²) < 4.78 is 4.69. The number of anilines is 1. The van der Waals surface area contributed by atoms with Crippen LogP contribution in [0.3, 0.4) is 0 Å². The molecule has 0 fully saturated rings. The Morgan fingerprint density at radius 2 is 1.92 bits per heavy atom. The maximum atomic E-state index is 11.2. The van der Waals surface area contributed by atoms with Crippen LogP contribution in [-0.4, -0.2) is 5.16 Å². The van der Waals surface area contributed by atoms with Crippen molar-refractivity contribution in [3.8, 4) is 11.1 Å². The number of H-pyrrole nitrogens is 1. The second kappa shape index (κ2) is 2.82. The van der Waals surface area contributed by atoms with Gasteiger partial charge in [-0.1, -0.05) is 30.3 Å². The van der Waals surface area contributed by atoms with Gasteiger partial charge in [-0.25, -0.2) is 0 Å². The molecule has 1 aromatic heterocycles. The van der Waals surface area contributed by atoms with E-state index in [1.54, 1.807) is 12.1 Å². The molecule has 2 aromatic rings. The smallest absolute Gasteiger partial charge is 0.290 e. The van der Waals surface area contributed by atoms with Gasteiger partial charge in [-0.15, -0.1) is 0 Å². The number of nitrogen functional groups attached to an aromatic ring is 1. The quantitative estimate of drug-likeness (QED) is 0.686. The molecule has 0 saturated heterocycles. The first kappa shape index (κ1) is 7.67. The van der Waals surface area contributed by atoms with Gasteiger partial charge in [0.1, 0.15) is 5.56 Å². The second-order valence-electron chi connectivity index (χ2n) is 2.64. The van der Waals surface area contributed by atoms with Gasteiger partial charge < -0.3 is 10.3 Å². The molecule has 0 saturated carbocycles. The van der Waals surface area contributed by atoms with Crippen molar-refractivity contribution >= 4 is 5.88 Å². The Kier molecular flexibility index (Phi) is 1.66. The molecule has 0 radical (unpaired) electrons. The molecule has 1 heterocycles. The maximum Gasteiger partial charge on any atom is 0.290 e. The van der Waals surface area contributed by atoms with Gasteiger partial charge in [0.25, 0.3) is 5.56 Å². The lowest BCUT2D eigenvalue weighted by molar-refractivity contribution is 0.430.